The highest BCUT2D eigenvalue weighted by molar-refractivity contribution is 8.00. The Hall–Kier alpha value is -1.83. The van der Waals surface area contributed by atoms with Gasteiger partial charge in [0, 0.05) is 21.6 Å². The summed E-state index contributed by atoms with van der Waals surface area (Å²) >= 11 is 8.96. The third-order valence-electron chi connectivity index (χ3n) is 4.90. The first kappa shape index (κ1) is 21.9. The van der Waals surface area contributed by atoms with Crippen LogP contribution in [0.15, 0.2) is 28.2 Å². The summed E-state index contributed by atoms with van der Waals surface area (Å²) in [6.45, 7) is 11.5. The van der Waals surface area contributed by atoms with Crippen LogP contribution in [0, 0.1) is 20.8 Å². The second kappa shape index (κ2) is 8.50. The maximum absolute atomic E-state index is 13.2. The van der Waals surface area contributed by atoms with E-state index in [1.165, 1.54) is 23.1 Å². The monoisotopic (exact) mass is 449 g/mol. The van der Waals surface area contributed by atoms with Crippen molar-refractivity contribution >= 4 is 56.5 Å². The van der Waals surface area contributed by atoms with Crippen molar-refractivity contribution in [2.45, 2.75) is 58.0 Å². The Morgan fingerprint density at radius 1 is 1.21 bits per heavy atom. The van der Waals surface area contributed by atoms with Gasteiger partial charge in [-0.3, -0.25) is 14.2 Å². The van der Waals surface area contributed by atoms with E-state index in [1.807, 2.05) is 47.6 Å². The highest BCUT2D eigenvalue weighted by Crippen LogP contribution is 2.31. The smallest absolute Gasteiger partial charge is 0.263 e. The Morgan fingerprint density at radius 2 is 1.90 bits per heavy atom. The number of carbonyl (C=O) groups excluding carboxylic acids is 1. The van der Waals surface area contributed by atoms with Gasteiger partial charge in [0.15, 0.2) is 5.16 Å². The van der Waals surface area contributed by atoms with Crippen molar-refractivity contribution in [3.63, 3.8) is 0 Å². The number of rotatable bonds is 5. The first-order valence-electron chi connectivity index (χ1n) is 9.36. The van der Waals surface area contributed by atoms with Gasteiger partial charge in [-0.1, -0.05) is 29.4 Å². The molecule has 0 aliphatic carbocycles. The van der Waals surface area contributed by atoms with Gasteiger partial charge in [0.25, 0.3) is 5.56 Å². The molecule has 1 unspecified atom stereocenters. The van der Waals surface area contributed by atoms with Crippen LogP contribution in [-0.4, -0.2) is 20.7 Å². The highest BCUT2D eigenvalue weighted by Gasteiger charge is 2.23. The molecule has 0 aliphatic rings. The SMILES string of the molecule is Cc1sc2nc(SC(C)C(=O)Nc3cccc(Cl)c3C)n(C(C)C)c(=O)c2c1C. The summed E-state index contributed by atoms with van der Waals surface area (Å²) in [7, 11) is 0. The predicted octanol–water partition coefficient (Wildman–Crippen LogP) is 5.74. The third-order valence-corrected chi connectivity index (χ3v) is 7.47. The number of carbonyl (C=O) groups is 1. The lowest BCUT2D eigenvalue weighted by molar-refractivity contribution is -0.115. The van der Waals surface area contributed by atoms with Crippen LogP contribution in [-0.2, 0) is 4.79 Å². The van der Waals surface area contributed by atoms with Crippen LogP contribution in [0.2, 0.25) is 5.02 Å². The van der Waals surface area contributed by atoms with Gasteiger partial charge in [-0.2, -0.15) is 0 Å². The Kier molecular flexibility index (Phi) is 6.41. The molecule has 0 aliphatic heterocycles. The molecule has 0 bridgehead atoms. The molecule has 8 heteroatoms. The number of nitrogens with one attached hydrogen (secondary N) is 1. The number of amides is 1. The van der Waals surface area contributed by atoms with Crippen molar-refractivity contribution in [1.82, 2.24) is 9.55 Å². The highest BCUT2D eigenvalue weighted by atomic mass is 35.5. The second-order valence-electron chi connectivity index (χ2n) is 7.29. The van der Waals surface area contributed by atoms with Gasteiger partial charge in [-0.15, -0.1) is 11.3 Å². The van der Waals surface area contributed by atoms with Gasteiger partial charge in [0.1, 0.15) is 4.83 Å². The molecule has 154 valence electrons. The zero-order valence-corrected chi connectivity index (χ0v) is 19.7. The molecule has 1 amide bonds. The molecule has 0 saturated heterocycles. The third kappa shape index (κ3) is 4.22. The summed E-state index contributed by atoms with van der Waals surface area (Å²) in [5.41, 5.74) is 2.44. The van der Waals surface area contributed by atoms with Crippen LogP contribution in [0.5, 0.6) is 0 Å². The average molecular weight is 450 g/mol. The van der Waals surface area contributed by atoms with Crippen molar-refractivity contribution in [3.05, 3.63) is 49.6 Å². The fourth-order valence-corrected chi connectivity index (χ4v) is 5.30. The molecule has 3 aromatic rings. The van der Waals surface area contributed by atoms with Gasteiger partial charge < -0.3 is 5.32 Å². The van der Waals surface area contributed by atoms with Crippen LogP contribution < -0.4 is 10.9 Å². The maximum Gasteiger partial charge on any atom is 0.263 e. The summed E-state index contributed by atoms with van der Waals surface area (Å²) in [5.74, 6) is -0.163. The fraction of sp³-hybridized carbons (Fsp3) is 0.381. The van der Waals surface area contributed by atoms with Gasteiger partial charge >= 0.3 is 0 Å². The second-order valence-corrected chi connectivity index (χ2v) is 10.2. The van der Waals surface area contributed by atoms with Crippen molar-refractivity contribution in [1.29, 1.82) is 0 Å². The number of hydrogen-bond donors (Lipinski definition) is 1. The summed E-state index contributed by atoms with van der Waals surface area (Å²) in [4.78, 5) is 32.5. The number of thioether (sulfide) groups is 1. The standard InChI is InChI=1S/C21H24ClN3O2S2/c1-10(2)25-20(27)17-11(3)13(5)28-19(17)24-21(25)29-14(6)18(26)23-16-9-7-8-15(22)12(16)4/h7-10,14H,1-6H3,(H,23,26). The molecule has 0 saturated carbocycles. The maximum atomic E-state index is 13.2. The zero-order valence-electron chi connectivity index (χ0n) is 17.3. The van der Waals surface area contributed by atoms with Gasteiger partial charge in [-0.05, 0) is 64.8 Å². The van der Waals surface area contributed by atoms with E-state index in [0.717, 1.165) is 20.8 Å². The first-order valence-corrected chi connectivity index (χ1v) is 11.4. The number of halogens is 1. The van der Waals surface area contributed by atoms with Crippen molar-refractivity contribution < 1.29 is 4.79 Å². The molecular formula is C21H24ClN3O2S2. The van der Waals surface area contributed by atoms with E-state index in [4.69, 9.17) is 16.6 Å². The molecule has 1 atom stereocenters. The minimum Gasteiger partial charge on any atom is -0.325 e. The molecule has 29 heavy (non-hydrogen) atoms. The largest absolute Gasteiger partial charge is 0.325 e. The Labute approximate surface area is 183 Å². The molecule has 1 aromatic carbocycles. The van der Waals surface area contributed by atoms with E-state index in [0.29, 0.717) is 21.3 Å². The van der Waals surface area contributed by atoms with E-state index in [2.05, 4.69) is 5.32 Å². The van der Waals surface area contributed by atoms with Crippen LogP contribution in [0.4, 0.5) is 5.69 Å². The summed E-state index contributed by atoms with van der Waals surface area (Å²) < 4.78 is 1.68. The number of thiophene rings is 1. The number of hydrogen-bond acceptors (Lipinski definition) is 5. The number of aromatic nitrogens is 2. The molecule has 0 spiro atoms. The predicted molar refractivity (Wildman–Crippen MR) is 124 cm³/mol. The topological polar surface area (TPSA) is 64.0 Å². The van der Waals surface area contributed by atoms with Gasteiger partial charge in [0.2, 0.25) is 5.91 Å². The minimum absolute atomic E-state index is 0.0485. The Bertz CT molecular complexity index is 1150. The number of nitrogens with zero attached hydrogens (tertiary/aromatic N) is 2. The Balaban J connectivity index is 1.94. The number of anilines is 1. The minimum atomic E-state index is -0.440. The van der Waals surface area contributed by atoms with Gasteiger partial charge in [-0.25, -0.2) is 4.98 Å². The normalized spacial score (nSPS) is 12.6. The molecule has 2 aromatic heterocycles. The van der Waals surface area contributed by atoms with Crippen LogP contribution >= 0.6 is 34.7 Å². The lowest BCUT2D eigenvalue weighted by atomic mass is 10.2. The molecule has 3 rings (SSSR count). The number of aryl methyl sites for hydroxylation is 2. The van der Waals surface area contributed by atoms with Crippen LogP contribution in [0.3, 0.4) is 0 Å². The average Bonchev–Trinajstić information content (AvgIpc) is 2.92. The van der Waals surface area contributed by atoms with E-state index >= 15 is 0 Å². The molecule has 0 radical (unpaired) electrons. The summed E-state index contributed by atoms with van der Waals surface area (Å²) in [6, 6.07) is 5.35. The van der Waals surface area contributed by atoms with E-state index in [-0.39, 0.29) is 17.5 Å². The number of fused-ring (bicyclic) bond motifs is 1. The molecule has 5 nitrogen and oxygen atoms in total. The van der Waals surface area contributed by atoms with E-state index in [9.17, 15) is 9.59 Å². The zero-order chi connectivity index (χ0) is 21.5. The Morgan fingerprint density at radius 3 is 2.55 bits per heavy atom. The van der Waals surface area contributed by atoms with Gasteiger partial charge in [0.05, 0.1) is 10.6 Å². The molecular weight excluding hydrogens is 426 g/mol. The summed E-state index contributed by atoms with van der Waals surface area (Å²) in [6.07, 6.45) is 0. The van der Waals surface area contributed by atoms with Crippen molar-refractivity contribution in [2.24, 2.45) is 0 Å². The van der Waals surface area contributed by atoms with Crippen molar-refractivity contribution in [3.8, 4) is 0 Å². The molecule has 0 fully saturated rings. The number of benzene rings is 1. The lowest BCUT2D eigenvalue weighted by Gasteiger charge is -2.18. The quantitative estimate of drug-likeness (QED) is 0.398. The van der Waals surface area contributed by atoms with E-state index < -0.39 is 5.25 Å². The van der Waals surface area contributed by atoms with E-state index in [1.54, 1.807) is 16.7 Å². The van der Waals surface area contributed by atoms with Crippen LogP contribution in [0.25, 0.3) is 10.2 Å². The molecule has 1 N–H and O–H groups in total. The first-order chi connectivity index (χ1) is 13.6. The van der Waals surface area contributed by atoms with Crippen LogP contribution in [0.1, 0.15) is 42.8 Å². The molecule has 2 heterocycles. The van der Waals surface area contributed by atoms with Crippen molar-refractivity contribution in [2.75, 3.05) is 5.32 Å². The summed E-state index contributed by atoms with van der Waals surface area (Å²) in [5, 5.41) is 4.33. The lowest BCUT2D eigenvalue weighted by Crippen LogP contribution is -2.28. The fourth-order valence-electron chi connectivity index (χ4n) is 3.02.